The Kier molecular flexibility index (Phi) is 54.2. The summed E-state index contributed by atoms with van der Waals surface area (Å²) in [6.45, 7) is 4.07. The molecule has 0 saturated heterocycles. The molecule has 3 atom stereocenters. The summed E-state index contributed by atoms with van der Waals surface area (Å²) < 4.78 is 39.3. The van der Waals surface area contributed by atoms with Gasteiger partial charge in [-0.1, -0.05) is 223 Å². The van der Waals surface area contributed by atoms with E-state index in [0.717, 1.165) is 116 Å². The van der Waals surface area contributed by atoms with Gasteiger partial charge in [0.15, 0.2) is 6.10 Å². The van der Waals surface area contributed by atoms with Crippen molar-refractivity contribution in [1.29, 1.82) is 0 Å². The van der Waals surface area contributed by atoms with Gasteiger partial charge in [-0.2, -0.15) is 0 Å². The van der Waals surface area contributed by atoms with E-state index in [4.69, 9.17) is 23.3 Å². The molecule has 11 nitrogen and oxygen atoms in total. The molecule has 0 spiro atoms. The van der Waals surface area contributed by atoms with E-state index in [-0.39, 0.29) is 19.3 Å². The first-order valence-corrected chi connectivity index (χ1v) is 30.5. The number of carbonyl (C=O) groups excluding carboxylic acids is 3. The van der Waals surface area contributed by atoms with Crippen molar-refractivity contribution in [2.45, 2.75) is 200 Å². The molecule has 0 bridgehead atoms. The molecule has 78 heavy (non-hydrogen) atoms. The van der Waals surface area contributed by atoms with Crippen LogP contribution in [0.3, 0.4) is 0 Å². The van der Waals surface area contributed by atoms with Gasteiger partial charge in [0.2, 0.25) is 0 Å². The number of unbranched alkanes of at least 4 members (excludes halogenated alkanes) is 7. The van der Waals surface area contributed by atoms with Gasteiger partial charge < -0.3 is 24.2 Å². The van der Waals surface area contributed by atoms with Gasteiger partial charge in [-0.05, 0) is 116 Å². The fourth-order valence-corrected chi connectivity index (χ4v) is 7.67. The Morgan fingerprint density at radius 3 is 1.12 bits per heavy atom. The van der Waals surface area contributed by atoms with Crippen LogP contribution in [0.25, 0.3) is 0 Å². The van der Waals surface area contributed by atoms with Gasteiger partial charge in [-0.3, -0.25) is 23.4 Å². The number of rotatable bonds is 51. The number of hydrogen-bond acceptors (Lipinski definition) is 10. The Morgan fingerprint density at radius 1 is 0.372 bits per heavy atom. The molecule has 0 heterocycles. The SMILES string of the molecule is CC/C=C\C/C=C\C/C=C\C/C=C\C/C=C\C/C=C\CCC(=O)OC(COC(=O)CCCCCCCCC/C=C\C/C=C\C/C=C\CC)COP(=O)(O)OCC(CO)OC(=O)C/C=C\C/C=C\C/C=C\C/C=C\C/C=C\CC. The molecule has 2 N–H and O–H groups in total. The van der Waals surface area contributed by atoms with E-state index in [1.54, 1.807) is 6.08 Å². The van der Waals surface area contributed by atoms with Gasteiger partial charge in [0, 0.05) is 12.8 Å². The summed E-state index contributed by atoms with van der Waals surface area (Å²) in [6.07, 6.45) is 77.8. The molecule has 0 radical (unpaired) electrons. The fourth-order valence-electron chi connectivity index (χ4n) is 6.88. The van der Waals surface area contributed by atoms with Gasteiger partial charge in [0.1, 0.15) is 12.7 Å². The number of allylic oxidation sites excluding steroid dienone is 27. The zero-order chi connectivity index (χ0) is 56.9. The fraction of sp³-hybridized carbons (Fsp3) is 0.530. The monoisotopic (exact) mass is 1100 g/mol. The summed E-state index contributed by atoms with van der Waals surface area (Å²) in [5, 5.41) is 9.80. The summed E-state index contributed by atoms with van der Waals surface area (Å²) in [4.78, 5) is 48.5. The maximum Gasteiger partial charge on any atom is 0.472 e. The first-order valence-electron chi connectivity index (χ1n) is 29.0. The molecule has 0 saturated carbocycles. The molecule has 0 aliphatic rings. The van der Waals surface area contributed by atoms with Gasteiger partial charge >= 0.3 is 25.7 Å². The van der Waals surface area contributed by atoms with Crippen LogP contribution in [0, 0.1) is 0 Å². The molecule has 3 unspecified atom stereocenters. The standard InChI is InChI=1S/C66H101O11P/c1-4-7-10-13-16-19-22-25-28-30-31-33-36-39-42-45-48-51-54-57-66(70)77-63(59-73-64(68)55-52-49-46-43-40-37-35-32-29-26-23-20-17-14-11-8-5-2)61-75-78(71,72)74-60-62(58-67)76-65(69)56-53-50-47-44-41-38-34-27-24-21-18-15-12-9-6-3/h7-12,16-21,25-29,31,33-34,39,41-42,44,48,50-51,53,62-63,67H,4-6,13-15,22-24,30,32,35-38,40,43,45-47,49,52,54-61H2,1-3H3,(H,71,72)/b10-7-,11-8-,12-9-,19-16-,20-17-,21-18-,28-25-,29-26-,33-31-,34-27-,42-39-,44-41-,51-48-,53-50-. The van der Waals surface area contributed by atoms with Gasteiger partial charge in [0.25, 0.3) is 0 Å². The number of aliphatic hydroxyl groups is 1. The summed E-state index contributed by atoms with van der Waals surface area (Å²) in [5.41, 5.74) is 0. The van der Waals surface area contributed by atoms with Crippen LogP contribution < -0.4 is 0 Å². The minimum absolute atomic E-state index is 0.0226. The van der Waals surface area contributed by atoms with Crippen LogP contribution in [0.5, 0.6) is 0 Å². The lowest BCUT2D eigenvalue weighted by atomic mass is 10.1. The van der Waals surface area contributed by atoms with Crippen LogP contribution in [0.2, 0.25) is 0 Å². The summed E-state index contributed by atoms with van der Waals surface area (Å²) >= 11 is 0. The molecule has 0 fully saturated rings. The molecule has 436 valence electrons. The van der Waals surface area contributed by atoms with E-state index in [0.29, 0.717) is 25.7 Å². The predicted octanol–water partition coefficient (Wildman–Crippen LogP) is 17.5. The van der Waals surface area contributed by atoms with Crippen LogP contribution >= 0.6 is 7.82 Å². The van der Waals surface area contributed by atoms with Crippen LogP contribution in [0.1, 0.15) is 188 Å². The molecule has 0 rings (SSSR count). The maximum absolute atomic E-state index is 12.9. The highest BCUT2D eigenvalue weighted by atomic mass is 31.2. The van der Waals surface area contributed by atoms with Crippen molar-refractivity contribution < 1.29 is 52.2 Å². The molecule has 12 heteroatoms. The van der Waals surface area contributed by atoms with Crippen molar-refractivity contribution in [2.75, 3.05) is 26.4 Å². The molecule has 0 aliphatic carbocycles. The van der Waals surface area contributed by atoms with E-state index in [9.17, 15) is 28.9 Å². The Hall–Kier alpha value is -5.16. The molecule has 0 aromatic carbocycles. The maximum atomic E-state index is 12.9. The Balaban J connectivity index is 4.96. The number of ether oxygens (including phenoxy) is 3. The zero-order valence-corrected chi connectivity index (χ0v) is 48.9. The van der Waals surface area contributed by atoms with Crippen molar-refractivity contribution in [3.63, 3.8) is 0 Å². The Labute approximate surface area is 472 Å². The minimum atomic E-state index is -4.81. The van der Waals surface area contributed by atoms with Crippen LogP contribution in [0.15, 0.2) is 170 Å². The highest BCUT2D eigenvalue weighted by Crippen LogP contribution is 2.43. The number of hydrogen-bond donors (Lipinski definition) is 2. The zero-order valence-electron chi connectivity index (χ0n) is 48.0. The molecule has 0 aliphatic heterocycles. The van der Waals surface area contributed by atoms with Crippen molar-refractivity contribution in [2.24, 2.45) is 0 Å². The molecular formula is C66H101O11P. The van der Waals surface area contributed by atoms with E-state index < -0.39 is 64.4 Å². The third kappa shape index (κ3) is 55.6. The summed E-state index contributed by atoms with van der Waals surface area (Å²) in [5.74, 6) is -1.74. The average molecular weight is 1100 g/mol. The Bertz CT molecular complexity index is 1960. The highest BCUT2D eigenvalue weighted by molar-refractivity contribution is 7.47. The lowest BCUT2D eigenvalue weighted by Gasteiger charge is -2.21. The van der Waals surface area contributed by atoms with Crippen LogP contribution in [-0.2, 0) is 42.2 Å². The number of phosphoric acid groups is 1. The molecule has 0 amide bonds. The van der Waals surface area contributed by atoms with Crippen LogP contribution in [-0.4, -0.2) is 66.5 Å². The lowest BCUT2D eigenvalue weighted by Crippen LogP contribution is -2.30. The topological polar surface area (TPSA) is 155 Å². The largest absolute Gasteiger partial charge is 0.472 e. The first-order chi connectivity index (χ1) is 38.2. The van der Waals surface area contributed by atoms with Crippen molar-refractivity contribution in [3.05, 3.63) is 170 Å². The van der Waals surface area contributed by atoms with Crippen molar-refractivity contribution in [3.8, 4) is 0 Å². The molecular weight excluding hydrogens is 1000 g/mol. The van der Waals surface area contributed by atoms with E-state index in [2.05, 4.69) is 154 Å². The minimum Gasteiger partial charge on any atom is -0.462 e. The van der Waals surface area contributed by atoms with Crippen molar-refractivity contribution in [1.82, 2.24) is 0 Å². The Morgan fingerprint density at radius 2 is 0.705 bits per heavy atom. The van der Waals surface area contributed by atoms with E-state index in [1.807, 2.05) is 30.4 Å². The van der Waals surface area contributed by atoms with Gasteiger partial charge in [0.05, 0.1) is 26.2 Å². The number of aliphatic hydroxyl groups excluding tert-OH is 1. The van der Waals surface area contributed by atoms with Gasteiger partial charge in [-0.25, -0.2) is 4.57 Å². The summed E-state index contributed by atoms with van der Waals surface area (Å²) in [7, 11) is -4.81. The van der Waals surface area contributed by atoms with Crippen LogP contribution in [0.4, 0.5) is 0 Å². The van der Waals surface area contributed by atoms with Crippen molar-refractivity contribution >= 4 is 25.7 Å². The molecule has 0 aromatic heterocycles. The third-order valence-electron chi connectivity index (χ3n) is 11.2. The second kappa shape index (κ2) is 58.0. The number of esters is 3. The first kappa shape index (κ1) is 72.8. The molecule has 0 aromatic rings. The quantitative estimate of drug-likeness (QED) is 0.0197. The van der Waals surface area contributed by atoms with E-state index >= 15 is 0 Å². The number of phosphoric ester groups is 1. The summed E-state index contributed by atoms with van der Waals surface area (Å²) in [6, 6.07) is 0. The highest BCUT2D eigenvalue weighted by Gasteiger charge is 2.28. The van der Waals surface area contributed by atoms with E-state index in [1.165, 1.54) is 6.42 Å². The second-order valence-corrected chi connectivity index (χ2v) is 19.8. The average Bonchev–Trinajstić information content (AvgIpc) is 3.43. The predicted molar refractivity (Wildman–Crippen MR) is 325 cm³/mol. The smallest absolute Gasteiger partial charge is 0.462 e. The second-order valence-electron chi connectivity index (χ2n) is 18.3. The number of carbonyl (C=O) groups is 3. The van der Waals surface area contributed by atoms with Gasteiger partial charge in [-0.15, -0.1) is 0 Å². The third-order valence-corrected chi connectivity index (χ3v) is 12.1. The normalized spacial score (nSPS) is 14.6. The lowest BCUT2D eigenvalue weighted by molar-refractivity contribution is -0.161.